The quantitative estimate of drug-likeness (QED) is 0.853. The number of ether oxygens (including phenoxy) is 1. The maximum atomic E-state index is 12.3. The maximum absolute atomic E-state index is 12.3. The van der Waals surface area contributed by atoms with Crippen molar-refractivity contribution in [2.24, 2.45) is 0 Å². The first kappa shape index (κ1) is 13.0. The number of hydrogen-bond acceptors (Lipinski definition) is 3. The topological polar surface area (TPSA) is 69.3 Å². The highest BCUT2D eigenvalue weighted by Gasteiger charge is 2.30. The molecule has 1 unspecified atom stereocenters. The molecular weight excluding hydrogens is 230 g/mol. The van der Waals surface area contributed by atoms with Crippen molar-refractivity contribution in [3.8, 4) is 0 Å². The number of aryl methyl sites for hydroxylation is 1. The van der Waals surface area contributed by atoms with Crippen molar-refractivity contribution >= 4 is 11.6 Å². The highest BCUT2D eigenvalue weighted by Crippen LogP contribution is 2.19. The van der Waals surface area contributed by atoms with Gasteiger partial charge in [-0.1, -0.05) is 0 Å². The summed E-state index contributed by atoms with van der Waals surface area (Å²) in [4.78, 5) is 12.3. The lowest BCUT2D eigenvalue weighted by Crippen LogP contribution is -2.51. The second-order valence-corrected chi connectivity index (χ2v) is 5.12. The minimum absolute atomic E-state index is 0.0819. The predicted octanol–water partition coefficient (Wildman–Crippen LogP) is 1.39. The number of anilines is 1. The van der Waals surface area contributed by atoms with Crippen LogP contribution in [0.2, 0.25) is 0 Å². The fourth-order valence-corrected chi connectivity index (χ4v) is 2.36. The van der Waals surface area contributed by atoms with E-state index in [1.807, 2.05) is 18.4 Å². The van der Waals surface area contributed by atoms with E-state index in [1.165, 1.54) is 0 Å². The molecule has 3 N–H and O–H groups in total. The third-order valence-corrected chi connectivity index (χ3v) is 3.34. The molecule has 2 rings (SSSR count). The van der Waals surface area contributed by atoms with Crippen LogP contribution in [0, 0.1) is 0 Å². The van der Waals surface area contributed by atoms with Crippen LogP contribution in [0.3, 0.4) is 0 Å². The average Bonchev–Trinajstić information content (AvgIpc) is 2.71. The Morgan fingerprint density at radius 2 is 2.44 bits per heavy atom. The number of aromatic nitrogens is 1. The summed E-state index contributed by atoms with van der Waals surface area (Å²) >= 11 is 0. The van der Waals surface area contributed by atoms with Gasteiger partial charge >= 0.3 is 0 Å². The largest absolute Gasteiger partial charge is 0.397 e. The molecule has 100 valence electrons. The number of nitrogens with zero attached hydrogens (tertiary/aromatic N) is 1. The molecule has 18 heavy (non-hydrogen) atoms. The zero-order valence-corrected chi connectivity index (χ0v) is 11.0. The van der Waals surface area contributed by atoms with E-state index in [0.717, 1.165) is 26.0 Å². The van der Waals surface area contributed by atoms with Gasteiger partial charge in [-0.25, -0.2) is 0 Å². The van der Waals surface area contributed by atoms with Crippen molar-refractivity contribution in [1.82, 2.24) is 9.88 Å². The third-order valence-electron chi connectivity index (χ3n) is 3.34. The van der Waals surface area contributed by atoms with Gasteiger partial charge in [-0.2, -0.15) is 0 Å². The molecule has 1 amide bonds. The molecule has 1 fully saturated rings. The van der Waals surface area contributed by atoms with E-state index in [-0.39, 0.29) is 11.4 Å². The summed E-state index contributed by atoms with van der Waals surface area (Å²) in [6.07, 6.45) is 3.71. The van der Waals surface area contributed by atoms with Crippen LogP contribution in [0.4, 0.5) is 5.69 Å². The lowest BCUT2D eigenvalue weighted by atomic mass is 9.95. The Kier molecular flexibility index (Phi) is 3.61. The van der Waals surface area contributed by atoms with E-state index in [4.69, 9.17) is 10.5 Å². The van der Waals surface area contributed by atoms with Crippen LogP contribution >= 0.6 is 0 Å². The number of carbonyl (C=O) groups is 1. The van der Waals surface area contributed by atoms with Gasteiger partial charge < -0.3 is 20.4 Å². The van der Waals surface area contributed by atoms with Crippen LogP contribution in [0.15, 0.2) is 12.3 Å². The summed E-state index contributed by atoms with van der Waals surface area (Å²) < 4.78 is 7.30. The van der Waals surface area contributed by atoms with Crippen LogP contribution in [-0.4, -0.2) is 29.2 Å². The van der Waals surface area contributed by atoms with Gasteiger partial charge in [0, 0.05) is 19.3 Å². The number of nitrogens with two attached hydrogens (primary N) is 1. The van der Waals surface area contributed by atoms with Gasteiger partial charge in [0.1, 0.15) is 5.69 Å². The van der Waals surface area contributed by atoms with Crippen LogP contribution in [0.1, 0.15) is 37.2 Å². The number of nitrogens with one attached hydrogen (secondary N) is 1. The number of hydrogen-bond donors (Lipinski definition) is 2. The zero-order valence-electron chi connectivity index (χ0n) is 11.0. The van der Waals surface area contributed by atoms with E-state index in [9.17, 15) is 4.79 Å². The highest BCUT2D eigenvalue weighted by molar-refractivity contribution is 5.94. The van der Waals surface area contributed by atoms with E-state index >= 15 is 0 Å². The lowest BCUT2D eigenvalue weighted by molar-refractivity contribution is 0.0270. The summed E-state index contributed by atoms with van der Waals surface area (Å²) in [5.41, 5.74) is 6.69. The molecule has 1 aromatic rings. The molecule has 0 aromatic carbocycles. The Labute approximate surface area is 107 Å². The first-order chi connectivity index (χ1) is 8.54. The molecular formula is C13H21N3O2. The van der Waals surface area contributed by atoms with E-state index in [2.05, 4.69) is 5.32 Å². The van der Waals surface area contributed by atoms with Crippen molar-refractivity contribution in [2.75, 3.05) is 18.9 Å². The van der Waals surface area contributed by atoms with Gasteiger partial charge in [-0.3, -0.25) is 4.79 Å². The molecule has 5 nitrogen and oxygen atoms in total. The van der Waals surface area contributed by atoms with Gasteiger partial charge in [0.15, 0.2) is 0 Å². The van der Waals surface area contributed by atoms with Gasteiger partial charge in [-0.05, 0) is 32.8 Å². The summed E-state index contributed by atoms with van der Waals surface area (Å²) in [5, 5.41) is 3.06. The first-order valence-corrected chi connectivity index (χ1v) is 6.40. The van der Waals surface area contributed by atoms with E-state index in [1.54, 1.807) is 12.3 Å². The first-order valence-electron chi connectivity index (χ1n) is 6.40. The molecule has 1 aliphatic heterocycles. The Bertz CT molecular complexity index is 433. The second-order valence-electron chi connectivity index (χ2n) is 5.12. The number of amides is 1. The highest BCUT2D eigenvalue weighted by atomic mass is 16.5. The van der Waals surface area contributed by atoms with Crippen molar-refractivity contribution < 1.29 is 9.53 Å². The number of rotatable bonds is 3. The summed E-state index contributed by atoms with van der Waals surface area (Å²) in [6, 6.07) is 1.71. The van der Waals surface area contributed by atoms with Crippen LogP contribution in [0.5, 0.6) is 0 Å². The molecule has 0 spiro atoms. The molecule has 0 bridgehead atoms. The van der Waals surface area contributed by atoms with Crippen molar-refractivity contribution in [1.29, 1.82) is 0 Å². The van der Waals surface area contributed by atoms with Gasteiger partial charge in [0.25, 0.3) is 5.91 Å². The second kappa shape index (κ2) is 5.02. The Morgan fingerprint density at radius 1 is 1.67 bits per heavy atom. The standard InChI is InChI=1S/C13H21N3O2/c1-3-16-8-10(14)7-11(16)12(17)15-13(2)5-4-6-18-9-13/h7-8H,3-6,9,14H2,1-2H3,(H,15,17). The zero-order chi connectivity index (χ0) is 13.2. The monoisotopic (exact) mass is 251 g/mol. The molecule has 1 aromatic heterocycles. The normalized spacial score (nSPS) is 23.9. The van der Waals surface area contributed by atoms with Gasteiger partial charge in [0.05, 0.1) is 17.8 Å². The van der Waals surface area contributed by atoms with Crippen LogP contribution < -0.4 is 11.1 Å². The smallest absolute Gasteiger partial charge is 0.268 e. The van der Waals surface area contributed by atoms with E-state index < -0.39 is 0 Å². The fraction of sp³-hybridized carbons (Fsp3) is 0.615. The average molecular weight is 251 g/mol. The van der Waals surface area contributed by atoms with E-state index in [0.29, 0.717) is 18.0 Å². The minimum Gasteiger partial charge on any atom is -0.397 e. The molecule has 1 saturated heterocycles. The van der Waals surface area contributed by atoms with Crippen molar-refractivity contribution in [2.45, 2.75) is 38.8 Å². The van der Waals surface area contributed by atoms with Crippen molar-refractivity contribution in [3.05, 3.63) is 18.0 Å². The minimum atomic E-state index is -0.271. The predicted molar refractivity (Wildman–Crippen MR) is 70.4 cm³/mol. The Morgan fingerprint density at radius 3 is 3.06 bits per heavy atom. The molecule has 2 heterocycles. The SMILES string of the molecule is CCn1cc(N)cc1C(=O)NC1(C)CCCOC1. The van der Waals surface area contributed by atoms with Crippen molar-refractivity contribution in [3.63, 3.8) is 0 Å². The van der Waals surface area contributed by atoms with Gasteiger partial charge in [-0.15, -0.1) is 0 Å². The van der Waals surface area contributed by atoms with Crippen LogP contribution in [-0.2, 0) is 11.3 Å². The maximum Gasteiger partial charge on any atom is 0.268 e. The summed E-state index contributed by atoms with van der Waals surface area (Å²) in [7, 11) is 0. The van der Waals surface area contributed by atoms with Crippen LogP contribution in [0.25, 0.3) is 0 Å². The Balaban J connectivity index is 2.11. The summed E-state index contributed by atoms with van der Waals surface area (Å²) in [5.74, 6) is -0.0819. The number of carbonyl (C=O) groups excluding carboxylic acids is 1. The number of nitrogen functional groups attached to an aromatic ring is 1. The molecule has 1 aliphatic rings. The summed E-state index contributed by atoms with van der Waals surface area (Å²) in [6.45, 7) is 6.09. The molecule has 1 atom stereocenters. The Hall–Kier alpha value is -1.49. The molecule has 0 radical (unpaired) electrons. The fourth-order valence-electron chi connectivity index (χ4n) is 2.36. The molecule has 0 saturated carbocycles. The third kappa shape index (κ3) is 2.67. The molecule has 5 heteroatoms. The lowest BCUT2D eigenvalue weighted by Gasteiger charge is -2.34. The molecule has 0 aliphatic carbocycles. The van der Waals surface area contributed by atoms with Gasteiger partial charge in [0.2, 0.25) is 0 Å².